The number of para-hydroxylation sites is 1. The van der Waals surface area contributed by atoms with Gasteiger partial charge in [-0.2, -0.15) is 0 Å². The minimum Gasteiger partial charge on any atom is -0.398 e. The number of carbonyl (C=O) groups excluding carboxylic acids is 1. The monoisotopic (exact) mass is 287 g/mol. The summed E-state index contributed by atoms with van der Waals surface area (Å²) < 4.78 is 0. The van der Waals surface area contributed by atoms with E-state index in [1.807, 2.05) is 29.2 Å². The number of hydrogen-bond donors (Lipinski definition) is 1. The average Bonchev–Trinajstić information content (AvgIpc) is 3.04. The zero-order valence-corrected chi connectivity index (χ0v) is 12.6. The van der Waals surface area contributed by atoms with Crippen molar-refractivity contribution >= 4 is 11.6 Å². The highest BCUT2D eigenvalue weighted by atomic mass is 16.2. The summed E-state index contributed by atoms with van der Waals surface area (Å²) in [4.78, 5) is 17.0. The maximum atomic E-state index is 12.4. The van der Waals surface area contributed by atoms with E-state index < -0.39 is 0 Å². The second-order valence-corrected chi connectivity index (χ2v) is 6.23. The molecule has 0 radical (unpaired) electrons. The van der Waals surface area contributed by atoms with Crippen LogP contribution in [0.1, 0.15) is 31.2 Å². The predicted molar refractivity (Wildman–Crippen MR) is 85.0 cm³/mol. The van der Waals surface area contributed by atoms with Gasteiger partial charge in [0.25, 0.3) is 0 Å². The number of nitrogens with two attached hydrogens (primary N) is 1. The third-order valence-electron chi connectivity index (χ3n) is 4.90. The highest BCUT2D eigenvalue weighted by molar-refractivity contribution is 5.80. The lowest BCUT2D eigenvalue weighted by atomic mass is 10.1. The van der Waals surface area contributed by atoms with Gasteiger partial charge in [0, 0.05) is 37.9 Å². The molecule has 1 heterocycles. The molecule has 1 saturated heterocycles. The van der Waals surface area contributed by atoms with Crippen molar-refractivity contribution in [3.8, 4) is 0 Å². The molecule has 0 unspecified atom stereocenters. The molecule has 0 spiro atoms. The Morgan fingerprint density at radius 3 is 2.43 bits per heavy atom. The Labute approximate surface area is 126 Å². The van der Waals surface area contributed by atoms with Gasteiger partial charge in [0.05, 0.1) is 6.42 Å². The van der Waals surface area contributed by atoms with Crippen molar-refractivity contribution < 1.29 is 4.79 Å². The molecule has 0 bridgehead atoms. The molecule has 1 aromatic carbocycles. The Balaban J connectivity index is 1.52. The molecule has 1 saturated carbocycles. The molecule has 0 aromatic heterocycles. The van der Waals surface area contributed by atoms with E-state index >= 15 is 0 Å². The molecule has 1 aromatic rings. The quantitative estimate of drug-likeness (QED) is 0.864. The molecule has 2 aliphatic rings. The van der Waals surface area contributed by atoms with Crippen LogP contribution >= 0.6 is 0 Å². The first-order valence-corrected chi connectivity index (χ1v) is 8.09. The number of carbonyl (C=O) groups is 1. The van der Waals surface area contributed by atoms with Gasteiger partial charge >= 0.3 is 0 Å². The zero-order chi connectivity index (χ0) is 14.7. The Morgan fingerprint density at radius 2 is 1.76 bits per heavy atom. The summed E-state index contributed by atoms with van der Waals surface area (Å²) in [6.45, 7) is 3.78. The van der Waals surface area contributed by atoms with Gasteiger partial charge in [-0.25, -0.2) is 0 Å². The lowest BCUT2D eigenvalue weighted by Crippen LogP contribution is -2.51. The van der Waals surface area contributed by atoms with Gasteiger partial charge < -0.3 is 10.6 Å². The van der Waals surface area contributed by atoms with E-state index in [2.05, 4.69) is 4.90 Å². The Hall–Kier alpha value is -1.55. The highest BCUT2D eigenvalue weighted by Crippen LogP contribution is 2.24. The van der Waals surface area contributed by atoms with Crippen LogP contribution in [0.3, 0.4) is 0 Å². The minimum absolute atomic E-state index is 0.207. The molecule has 114 valence electrons. The smallest absolute Gasteiger partial charge is 0.227 e. The molecule has 4 nitrogen and oxygen atoms in total. The number of rotatable bonds is 3. The van der Waals surface area contributed by atoms with Crippen LogP contribution in [0.15, 0.2) is 24.3 Å². The van der Waals surface area contributed by atoms with Crippen LogP contribution in [0.25, 0.3) is 0 Å². The Morgan fingerprint density at radius 1 is 1.10 bits per heavy atom. The molecular formula is C17H25N3O. The van der Waals surface area contributed by atoms with Crippen molar-refractivity contribution in [3.63, 3.8) is 0 Å². The van der Waals surface area contributed by atoms with Crippen LogP contribution in [0.2, 0.25) is 0 Å². The van der Waals surface area contributed by atoms with Crippen LogP contribution in [0.5, 0.6) is 0 Å². The number of amides is 1. The summed E-state index contributed by atoms with van der Waals surface area (Å²) in [6.07, 6.45) is 5.85. The number of nitrogen functional groups attached to an aromatic ring is 1. The molecule has 21 heavy (non-hydrogen) atoms. The molecule has 3 rings (SSSR count). The zero-order valence-electron chi connectivity index (χ0n) is 12.6. The fraction of sp³-hybridized carbons (Fsp3) is 0.588. The number of benzene rings is 1. The molecular weight excluding hydrogens is 262 g/mol. The summed E-state index contributed by atoms with van der Waals surface area (Å²) in [5, 5.41) is 0. The molecule has 1 aliphatic carbocycles. The second-order valence-electron chi connectivity index (χ2n) is 6.23. The van der Waals surface area contributed by atoms with Gasteiger partial charge in [0.2, 0.25) is 5.91 Å². The van der Waals surface area contributed by atoms with Gasteiger partial charge in [-0.1, -0.05) is 31.0 Å². The van der Waals surface area contributed by atoms with E-state index in [-0.39, 0.29) is 5.91 Å². The van der Waals surface area contributed by atoms with Crippen LogP contribution in [-0.4, -0.2) is 47.9 Å². The lowest BCUT2D eigenvalue weighted by molar-refractivity contribution is -0.132. The number of hydrogen-bond acceptors (Lipinski definition) is 3. The van der Waals surface area contributed by atoms with E-state index in [0.29, 0.717) is 6.42 Å². The molecule has 2 fully saturated rings. The van der Waals surface area contributed by atoms with E-state index in [4.69, 9.17) is 5.73 Å². The van der Waals surface area contributed by atoms with Crippen LogP contribution in [0.4, 0.5) is 5.69 Å². The fourth-order valence-electron chi connectivity index (χ4n) is 3.58. The van der Waals surface area contributed by atoms with Crippen molar-refractivity contribution in [1.29, 1.82) is 0 Å². The van der Waals surface area contributed by atoms with Crippen LogP contribution in [0, 0.1) is 0 Å². The average molecular weight is 287 g/mol. The van der Waals surface area contributed by atoms with Gasteiger partial charge in [-0.05, 0) is 24.5 Å². The van der Waals surface area contributed by atoms with Crippen LogP contribution in [-0.2, 0) is 11.2 Å². The van der Waals surface area contributed by atoms with E-state index in [9.17, 15) is 4.79 Å². The van der Waals surface area contributed by atoms with Crippen molar-refractivity contribution in [3.05, 3.63) is 29.8 Å². The van der Waals surface area contributed by atoms with Crippen LogP contribution < -0.4 is 5.73 Å². The van der Waals surface area contributed by atoms with Crippen molar-refractivity contribution in [2.45, 2.75) is 38.1 Å². The molecule has 1 amide bonds. The second kappa shape index (κ2) is 6.48. The first-order valence-electron chi connectivity index (χ1n) is 8.09. The lowest BCUT2D eigenvalue weighted by Gasteiger charge is -2.38. The first-order chi connectivity index (χ1) is 10.2. The molecule has 4 heteroatoms. The van der Waals surface area contributed by atoms with E-state index in [0.717, 1.165) is 43.5 Å². The summed E-state index contributed by atoms with van der Waals surface area (Å²) >= 11 is 0. The topological polar surface area (TPSA) is 49.6 Å². The minimum atomic E-state index is 0.207. The third kappa shape index (κ3) is 3.38. The molecule has 0 atom stereocenters. The standard InChI is InChI=1S/C17H25N3O/c18-16-8-4-1-5-14(16)13-17(21)20-11-9-19(10-12-20)15-6-2-3-7-15/h1,4-5,8,15H,2-3,6-7,9-13,18H2. The maximum Gasteiger partial charge on any atom is 0.227 e. The summed E-state index contributed by atoms with van der Waals surface area (Å²) in [5.41, 5.74) is 7.59. The van der Waals surface area contributed by atoms with Gasteiger partial charge in [0.1, 0.15) is 0 Å². The van der Waals surface area contributed by atoms with Crippen molar-refractivity contribution in [2.24, 2.45) is 0 Å². The maximum absolute atomic E-state index is 12.4. The van der Waals surface area contributed by atoms with E-state index in [1.165, 1.54) is 25.7 Å². The Kier molecular flexibility index (Phi) is 4.44. The normalized spacial score (nSPS) is 20.9. The van der Waals surface area contributed by atoms with Crippen molar-refractivity contribution in [2.75, 3.05) is 31.9 Å². The van der Waals surface area contributed by atoms with Gasteiger partial charge in [-0.3, -0.25) is 9.69 Å². The third-order valence-corrected chi connectivity index (χ3v) is 4.90. The largest absolute Gasteiger partial charge is 0.398 e. The summed E-state index contributed by atoms with van der Waals surface area (Å²) in [6, 6.07) is 8.43. The number of nitrogens with zero attached hydrogens (tertiary/aromatic N) is 2. The Bertz CT molecular complexity index is 489. The number of piperazine rings is 1. The summed E-state index contributed by atoms with van der Waals surface area (Å²) in [7, 11) is 0. The van der Waals surface area contributed by atoms with Gasteiger partial charge in [-0.15, -0.1) is 0 Å². The highest BCUT2D eigenvalue weighted by Gasteiger charge is 2.27. The SMILES string of the molecule is Nc1ccccc1CC(=O)N1CCN(C2CCCC2)CC1. The first kappa shape index (κ1) is 14.4. The van der Waals surface area contributed by atoms with Crippen molar-refractivity contribution in [1.82, 2.24) is 9.80 Å². The van der Waals surface area contributed by atoms with Gasteiger partial charge in [0.15, 0.2) is 0 Å². The molecule has 1 aliphatic heterocycles. The van der Waals surface area contributed by atoms with E-state index in [1.54, 1.807) is 0 Å². The molecule has 2 N–H and O–H groups in total. The predicted octanol–water partition coefficient (Wildman–Crippen LogP) is 1.90. The fourth-order valence-corrected chi connectivity index (χ4v) is 3.58. The number of anilines is 1. The summed E-state index contributed by atoms with van der Waals surface area (Å²) in [5.74, 6) is 0.207.